The Morgan fingerprint density at radius 1 is 1.14 bits per heavy atom. The SMILES string of the molecule is O=C(N/N=C/c1cc(Br)c(O)c(Br)c1)c1cccc(Br)c1. The summed E-state index contributed by atoms with van der Waals surface area (Å²) in [7, 11) is 0. The van der Waals surface area contributed by atoms with E-state index in [2.05, 4.69) is 58.3 Å². The summed E-state index contributed by atoms with van der Waals surface area (Å²) in [6.45, 7) is 0. The Balaban J connectivity index is 2.07. The van der Waals surface area contributed by atoms with Crippen molar-refractivity contribution in [1.82, 2.24) is 5.43 Å². The number of nitrogens with one attached hydrogen (secondary N) is 1. The second-order valence-corrected chi connectivity index (χ2v) is 6.67. The number of aromatic hydroxyl groups is 1. The van der Waals surface area contributed by atoms with Crippen molar-refractivity contribution in [3.63, 3.8) is 0 Å². The predicted octanol–water partition coefficient (Wildman–Crippen LogP) is 4.44. The highest BCUT2D eigenvalue weighted by Crippen LogP contribution is 2.32. The number of benzene rings is 2. The van der Waals surface area contributed by atoms with Crippen LogP contribution in [0.4, 0.5) is 0 Å². The van der Waals surface area contributed by atoms with Gasteiger partial charge in [0.2, 0.25) is 0 Å². The quantitative estimate of drug-likeness (QED) is 0.508. The summed E-state index contributed by atoms with van der Waals surface area (Å²) in [6.07, 6.45) is 1.49. The third-order valence-electron chi connectivity index (χ3n) is 2.51. The number of amides is 1. The zero-order valence-corrected chi connectivity index (χ0v) is 15.2. The van der Waals surface area contributed by atoms with E-state index >= 15 is 0 Å². The fraction of sp³-hybridized carbons (Fsp3) is 0. The van der Waals surface area contributed by atoms with Crippen molar-refractivity contribution < 1.29 is 9.90 Å². The van der Waals surface area contributed by atoms with Gasteiger partial charge in [0, 0.05) is 10.0 Å². The Morgan fingerprint density at radius 3 is 2.43 bits per heavy atom. The van der Waals surface area contributed by atoms with Gasteiger partial charge in [0.15, 0.2) is 0 Å². The minimum Gasteiger partial charge on any atom is -0.506 e. The first-order valence-electron chi connectivity index (χ1n) is 5.74. The third-order valence-corrected chi connectivity index (χ3v) is 4.21. The van der Waals surface area contributed by atoms with Crippen LogP contribution in [0.5, 0.6) is 5.75 Å². The van der Waals surface area contributed by atoms with Gasteiger partial charge in [0.05, 0.1) is 15.2 Å². The van der Waals surface area contributed by atoms with E-state index < -0.39 is 0 Å². The van der Waals surface area contributed by atoms with Gasteiger partial charge in [-0.1, -0.05) is 22.0 Å². The van der Waals surface area contributed by atoms with Crippen molar-refractivity contribution in [1.29, 1.82) is 0 Å². The van der Waals surface area contributed by atoms with E-state index in [1.807, 2.05) is 6.07 Å². The number of rotatable bonds is 3. The molecular formula is C14H9Br3N2O2. The standard InChI is InChI=1S/C14H9Br3N2O2/c15-10-3-1-2-9(6-10)14(21)19-18-7-8-4-11(16)13(20)12(17)5-8/h1-7,20H,(H,19,21)/b18-7+. The number of halogens is 3. The number of hydrogen-bond donors (Lipinski definition) is 2. The van der Waals surface area contributed by atoms with Crippen molar-refractivity contribution in [2.75, 3.05) is 0 Å². The molecule has 0 atom stereocenters. The van der Waals surface area contributed by atoms with Gasteiger partial charge in [0.1, 0.15) is 5.75 Å². The summed E-state index contributed by atoms with van der Waals surface area (Å²) in [4.78, 5) is 11.9. The van der Waals surface area contributed by atoms with E-state index in [1.54, 1.807) is 30.3 Å². The van der Waals surface area contributed by atoms with Crippen molar-refractivity contribution in [3.8, 4) is 5.75 Å². The van der Waals surface area contributed by atoms with Gasteiger partial charge in [-0.2, -0.15) is 5.10 Å². The van der Waals surface area contributed by atoms with Crippen LogP contribution in [0.1, 0.15) is 15.9 Å². The number of nitrogens with zero attached hydrogens (tertiary/aromatic N) is 1. The van der Waals surface area contributed by atoms with Gasteiger partial charge >= 0.3 is 0 Å². The van der Waals surface area contributed by atoms with Gasteiger partial charge in [-0.15, -0.1) is 0 Å². The second-order valence-electron chi connectivity index (χ2n) is 4.04. The maximum atomic E-state index is 11.9. The van der Waals surface area contributed by atoms with E-state index in [0.717, 1.165) is 10.0 Å². The number of hydrogen-bond acceptors (Lipinski definition) is 3. The zero-order chi connectivity index (χ0) is 15.4. The van der Waals surface area contributed by atoms with Crippen LogP contribution in [0.2, 0.25) is 0 Å². The van der Waals surface area contributed by atoms with Gasteiger partial charge in [-0.05, 0) is 67.8 Å². The monoisotopic (exact) mass is 474 g/mol. The molecule has 2 aromatic carbocycles. The molecule has 0 fully saturated rings. The van der Waals surface area contributed by atoms with Gasteiger partial charge in [-0.3, -0.25) is 4.79 Å². The molecule has 0 aliphatic rings. The molecule has 2 N–H and O–H groups in total. The number of phenolic OH excluding ortho intramolecular Hbond substituents is 1. The smallest absolute Gasteiger partial charge is 0.271 e. The molecule has 0 saturated heterocycles. The van der Waals surface area contributed by atoms with Crippen LogP contribution >= 0.6 is 47.8 Å². The summed E-state index contributed by atoms with van der Waals surface area (Å²) in [6, 6.07) is 10.4. The first-order chi connectivity index (χ1) is 9.97. The Kier molecular flexibility index (Phi) is 5.55. The molecule has 4 nitrogen and oxygen atoms in total. The number of hydrazone groups is 1. The lowest BCUT2D eigenvalue weighted by atomic mass is 10.2. The third kappa shape index (κ3) is 4.39. The fourth-order valence-electron chi connectivity index (χ4n) is 1.52. The molecule has 0 heterocycles. The maximum absolute atomic E-state index is 11.9. The molecule has 0 radical (unpaired) electrons. The highest BCUT2D eigenvalue weighted by Gasteiger charge is 2.06. The van der Waals surface area contributed by atoms with E-state index in [0.29, 0.717) is 14.5 Å². The van der Waals surface area contributed by atoms with E-state index in [1.165, 1.54) is 6.21 Å². The van der Waals surface area contributed by atoms with Crippen molar-refractivity contribution in [2.24, 2.45) is 5.10 Å². The highest BCUT2D eigenvalue weighted by molar-refractivity contribution is 9.11. The molecule has 0 aliphatic heterocycles. The maximum Gasteiger partial charge on any atom is 0.271 e. The first kappa shape index (κ1) is 16.2. The van der Waals surface area contributed by atoms with Gasteiger partial charge in [-0.25, -0.2) is 5.43 Å². The molecule has 1 amide bonds. The van der Waals surface area contributed by atoms with E-state index in [-0.39, 0.29) is 11.7 Å². The van der Waals surface area contributed by atoms with Crippen LogP contribution in [-0.2, 0) is 0 Å². The van der Waals surface area contributed by atoms with E-state index in [9.17, 15) is 9.90 Å². The fourth-order valence-corrected chi connectivity index (χ4v) is 3.14. The molecular weight excluding hydrogens is 468 g/mol. The number of carbonyl (C=O) groups excluding carboxylic acids is 1. The lowest BCUT2D eigenvalue weighted by Gasteiger charge is -2.02. The topological polar surface area (TPSA) is 61.7 Å². The molecule has 0 saturated carbocycles. The average Bonchev–Trinajstić information content (AvgIpc) is 2.44. The second kappa shape index (κ2) is 7.20. The average molecular weight is 477 g/mol. The highest BCUT2D eigenvalue weighted by atomic mass is 79.9. The Morgan fingerprint density at radius 2 is 1.81 bits per heavy atom. The molecule has 7 heteroatoms. The molecule has 0 bridgehead atoms. The number of phenols is 1. The molecule has 108 valence electrons. The van der Waals surface area contributed by atoms with Crippen LogP contribution in [-0.4, -0.2) is 17.2 Å². The largest absolute Gasteiger partial charge is 0.506 e. The minimum atomic E-state index is -0.301. The van der Waals surface area contributed by atoms with Crippen molar-refractivity contribution >= 4 is 59.9 Å². The molecule has 0 aliphatic carbocycles. The molecule has 2 aromatic rings. The van der Waals surface area contributed by atoms with Gasteiger partial charge < -0.3 is 5.11 Å². The Labute approximate surface area is 146 Å². The minimum absolute atomic E-state index is 0.116. The number of carbonyl (C=O) groups is 1. The van der Waals surface area contributed by atoms with Gasteiger partial charge in [0.25, 0.3) is 5.91 Å². The first-order valence-corrected chi connectivity index (χ1v) is 8.12. The summed E-state index contributed by atoms with van der Waals surface area (Å²) < 4.78 is 1.90. The summed E-state index contributed by atoms with van der Waals surface area (Å²) >= 11 is 9.76. The van der Waals surface area contributed by atoms with Crippen LogP contribution < -0.4 is 5.43 Å². The lowest BCUT2D eigenvalue weighted by Crippen LogP contribution is -2.17. The van der Waals surface area contributed by atoms with Crippen LogP contribution in [0, 0.1) is 0 Å². The molecule has 0 unspecified atom stereocenters. The molecule has 0 aromatic heterocycles. The lowest BCUT2D eigenvalue weighted by molar-refractivity contribution is 0.0955. The molecule has 21 heavy (non-hydrogen) atoms. The summed E-state index contributed by atoms with van der Waals surface area (Å²) in [5.41, 5.74) is 3.68. The van der Waals surface area contributed by atoms with Crippen LogP contribution in [0.15, 0.2) is 54.9 Å². The van der Waals surface area contributed by atoms with Crippen LogP contribution in [0.3, 0.4) is 0 Å². The molecule has 2 rings (SSSR count). The predicted molar refractivity (Wildman–Crippen MR) is 92.7 cm³/mol. The van der Waals surface area contributed by atoms with Crippen LogP contribution in [0.25, 0.3) is 0 Å². The normalized spacial score (nSPS) is 10.8. The van der Waals surface area contributed by atoms with Crippen molar-refractivity contribution in [2.45, 2.75) is 0 Å². The summed E-state index contributed by atoms with van der Waals surface area (Å²) in [5, 5.41) is 13.5. The van der Waals surface area contributed by atoms with E-state index in [4.69, 9.17) is 0 Å². The zero-order valence-electron chi connectivity index (χ0n) is 10.5. The summed E-state index contributed by atoms with van der Waals surface area (Å²) in [5.74, 6) is -0.185. The molecule has 0 spiro atoms. The Hall–Kier alpha value is -1.18. The van der Waals surface area contributed by atoms with Crippen molar-refractivity contribution in [3.05, 3.63) is 60.9 Å². The Bertz CT molecular complexity index is 694.